The van der Waals surface area contributed by atoms with Gasteiger partial charge in [0, 0.05) is 0 Å². The van der Waals surface area contributed by atoms with Gasteiger partial charge in [-0.15, -0.1) is 0 Å². The Morgan fingerprint density at radius 1 is 1.53 bits per heavy atom. The molecule has 0 unspecified atom stereocenters. The van der Waals surface area contributed by atoms with Gasteiger partial charge in [0.2, 0.25) is 0 Å². The zero-order chi connectivity index (χ0) is 12.4. The second-order valence-electron chi connectivity index (χ2n) is 3.13. The van der Waals surface area contributed by atoms with E-state index in [1.807, 2.05) is 0 Å². The molecule has 0 saturated heterocycles. The van der Waals surface area contributed by atoms with Crippen molar-refractivity contribution in [1.82, 2.24) is 9.36 Å². The number of halogens is 1. The van der Waals surface area contributed by atoms with Crippen molar-refractivity contribution < 1.29 is 14.3 Å². The maximum atomic E-state index is 13.6. The fourth-order valence-corrected chi connectivity index (χ4v) is 2.91. The predicted molar refractivity (Wildman–Crippen MR) is 62.1 cm³/mol. The SMILES string of the molecule is Cc1nsc(Sc2c(F)cccc2C(=O)O)n1. The molecule has 1 aromatic carbocycles. The summed E-state index contributed by atoms with van der Waals surface area (Å²) in [6.07, 6.45) is 0. The minimum Gasteiger partial charge on any atom is -0.478 e. The van der Waals surface area contributed by atoms with E-state index in [4.69, 9.17) is 5.11 Å². The summed E-state index contributed by atoms with van der Waals surface area (Å²) in [5, 5.41) is 8.96. The molecule has 0 atom stereocenters. The number of aryl methyl sites for hydroxylation is 1. The van der Waals surface area contributed by atoms with Gasteiger partial charge in [-0.05, 0) is 30.6 Å². The van der Waals surface area contributed by atoms with Gasteiger partial charge in [-0.3, -0.25) is 0 Å². The summed E-state index contributed by atoms with van der Waals surface area (Å²) >= 11 is 2.09. The van der Waals surface area contributed by atoms with Crippen molar-refractivity contribution >= 4 is 29.3 Å². The van der Waals surface area contributed by atoms with E-state index in [0.717, 1.165) is 23.3 Å². The van der Waals surface area contributed by atoms with Gasteiger partial charge in [0.05, 0.1) is 10.5 Å². The minimum atomic E-state index is -1.16. The molecule has 0 bridgehead atoms. The Morgan fingerprint density at radius 3 is 2.88 bits per heavy atom. The van der Waals surface area contributed by atoms with Crippen LogP contribution in [0.5, 0.6) is 0 Å². The quantitative estimate of drug-likeness (QED) is 0.929. The number of carbonyl (C=O) groups is 1. The lowest BCUT2D eigenvalue weighted by molar-refractivity contribution is 0.0692. The Bertz CT molecular complexity index is 571. The molecular formula is C10H7FN2O2S2. The molecule has 4 nitrogen and oxygen atoms in total. The van der Waals surface area contributed by atoms with Gasteiger partial charge in [-0.1, -0.05) is 17.8 Å². The van der Waals surface area contributed by atoms with Crippen molar-refractivity contribution in [3.8, 4) is 0 Å². The summed E-state index contributed by atoms with van der Waals surface area (Å²) < 4.78 is 18.1. The third kappa shape index (κ3) is 2.62. The fourth-order valence-electron chi connectivity index (χ4n) is 1.19. The molecule has 2 rings (SSSR count). The Hall–Kier alpha value is -1.47. The van der Waals surface area contributed by atoms with Crippen LogP contribution in [0, 0.1) is 12.7 Å². The number of hydrogen-bond acceptors (Lipinski definition) is 5. The predicted octanol–water partition coefficient (Wildman–Crippen LogP) is 2.84. The summed E-state index contributed by atoms with van der Waals surface area (Å²) in [7, 11) is 0. The third-order valence-electron chi connectivity index (χ3n) is 1.90. The largest absolute Gasteiger partial charge is 0.478 e. The zero-order valence-corrected chi connectivity index (χ0v) is 10.3. The lowest BCUT2D eigenvalue weighted by Gasteiger charge is -2.04. The van der Waals surface area contributed by atoms with Crippen LogP contribution >= 0.6 is 23.3 Å². The van der Waals surface area contributed by atoms with Crippen LogP contribution in [0.2, 0.25) is 0 Å². The van der Waals surface area contributed by atoms with Gasteiger partial charge in [-0.25, -0.2) is 14.2 Å². The highest BCUT2D eigenvalue weighted by Gasteiger charge is 2.16. The van der Waals surface area contributed by atoms with Crippen molar-refractivity contribution in [2.75, 3.05) is 0 Å². The van der Waals surface area contributed by atoms with Crippen LogP contribution in [0.15, 0.2) is 27.4 Å². The van der Waals surface area contributed by atoms with Crippen LogP contribution in [0.4, 0.5) is 4.39 Å². The molecule has 1 aromatic heterocycles. The second-order valence-corrected chi connectivity index (χ2v) is 5.14. The monoisotopic (exact) mass is 270 g/mol. The van der Waals surface area contributed by atoms with Gasteiger partial charge in [0.1, 0.15) is 11.6 Å². The van der Waals surface area contributed by atoms with Crippen LogP contribution in [0.1, 0.15) is 16.2 Å². The first-order valence-electron chi connectivity index (χ1n) is 4.58. The Morgan fingerprint density at radius 2 is 2.29 bits per heavy atom. The number of aromatic nitrogens is 2. The van der Waals surface area contributed by atoms with E-state index in [-0.39, 0.29) is 10.5 Å². The number of benzene rings is 1. The smallest absolute Gasteiger partial charge is 0.336 e. The molecule has 88 valence electrons. The van der Waals surface area contributed by atoms with Crippen LogP contribution in [0.3, 0.4) is 0 Å². The lowest BCUT2D eigenvalue weighted by Crippen LogP contribution is -2.00. The standard InChI is InChI=1S/C10H7FN2O2S2/c1-5-12-10(17-13-5)16-8-6(9(14)15)3-2-4-7(8)11/h2-4H,1H3,(H,14,15). The Kier molecular flexibility index (Phi) is 3.39. The van der Waals surface area contributed by atoms with Crippen molar-refractivity contribution in [3.05, 3.63) is 35.4 Å². The highest BCUT2D eigenvalue weighted by atomic mass is 32.2. The molecule has 0 aliphatic heterocycles. The molecule has 2 aromatic rings. The van der Waals surface area contributed by atoms with Crippen molar-refractivity contribution in [1.29, 1.82) is 0 Å². The molecule has 0 saturated carbocycles. The van der Waals surface area contributed by atoms with E-state index in [2.05, 4.69) is 9.36 Å². The van der Waals surface area contributed by atoms with E-state index in [9.17, 15) is 9.18 Å². The van der Waals surface area contributed by atoms with E-state index in [0.29, 0.717) is 10.2 Å². The molecule has 0 radical (unpaired) electrons. The van der Waals surface area contributed by atoms with Crippen LogP contribution in [-0.2, 0) is 0 Å². The number of aromatic carboxylic acids is 1. The van der Waals surface area contributed by atoms with Gasteiger partial charge >= 0.3 is 5.97 Å². The van der Waals surface area contributed by atoms with Crippen LogP contribution in [0.25, 0.3) is 0 Å². The number of carboxylic acids is 1. The molecule has 1 N–H and O–H groups in total. The lowest BCUT2D eigenvalue weighted by atomic mass is 10.2. The second kappa shape index (κ2) is 4.80. The maximum Gasteiger partial charge on any atom is 0.336 e. The Balaban J connectivity index is 2.40. The third-order valence-corrected chi connectivity index (χ3v) is 3.86. The van der Waals surface area contributed by atoms with Gasteiger partial charge in [-0.2, -0.15) is 4.37 Å². The molecule has 1 heterocycles. The first-order valence-corrected chi connectivity index (χ1v) is 6.17. The Labute approximate surface area is 105 Å². The molecule has 0 fully saturated rings. The van der Waals surface area contributed by atoms with Crippen molar-refractivity contribution in [2.24, 2.45) is 0 Å². The molecule has 17 heavy (non-hydrogen) atoms. The van der Waals surface area contributed by atoms with Gasteiger partial charge < -0.3 is 5.11 Å². The molecular weight excluding hydrogens is 263 g/mol. The average molecular weight is 270 g/mol. The summed E-state index contributed by atoms with van der Waals surface area (Å²) in [6.45, 7) is 1.72. The minimum absolute atomic E-state index is 0.0659. The normalized spacial score (nSPS) is 10.5. The number of rotatable bonds is 3. The summed E-state index contributed by atoms with van der Waals surface area (Å²) in [4.78, 5) is 15.1. The highest BCUT2D eigenvalue weighted by Crippen LogP contribution is 2.33. The maximum absolute atomic E-state index is 13.6. The number of nitrogens with zero attached hydrogens (tertiary/aromatic N) is 2. The van der Waals surface area contributed by atoms with Crippen molar-refractivity contribution in [3.63, 3.8) is 0 Å². The van der Waals surface area contributed by atoms with Crippen LogP contribution < -0.4 is 0 Å². The summed E-state index contributed by atoms with van der Waals surface area (Å²) in [5.74, 6) is -1.14. The molecule has 0 amide bonds. The molecule has 0 aliphatic rings. The van der Waals surface area contributed by atoms with Gasteiger partial charge in [0.15, 0.2) is 4.34 Å². The van der Waals surface area contributed by atoms with E-state index < -0.39 is 11.8 Å². The topological polar surface area (TPSA) is 63.1 Å². The van der Waals surface area contributed by atoms with Crippen LogP contribution in [-0.4, -0.2) is 20.4 Å². The first kappa shape index (κ1) is 12.0. The number of carboxylic acid groups (broad SMARTS) is 1. The fraction of sp³-hybridized carbons (Fsp3) is 0.100. The zero-order valence-electron chi connectivity index (χ0n) is 8.68. The van der Waals surface area contributed by atoms with Gasteiger partial charge in [0.25, 0.3) is 0 Å². The molecule has 0 spiro atoms. The van der Waals surface area contributed by atoms with E-state index in [1.165, 1.54) is 18.2 Å². The molecule has 7 heteroatoms. The highest BCUT2D eigenvalue weighted by molar-refractivity contribution is 8.01. The summed E-state index contributed by atoms with van der Waals surface area (Å²) in [5.41, 5.74) is -0.0668. The molecule has 0 aliphatic carbocycles. The van der Waals surface area contributed by atoms with E-state index >= 15 is 0 Å². The average Bonchev–Trinajstić information content (AvgIpc) is 2.67. The van der Waals surface area contributed by atoms with E-state index in [1.54, 1.807) is 6.92 Å². The first-order chi connectivity index (χ1) is 8.08. The number of hydrogen-bond donors (Lipinski definition) is 1. The summed E-state index contributed by atoms with van der Waals surface area (Å²) in [6, 6.07) is 3.96. The van der Waals surface area contributed by atoms with Crippen molar-refractivity contribution in [2.45, 2.75) is 16.2 Å².